The van der Waals surface area contributed by atoms with Crippen molar-refractivity contribution in [3.63, 3.8) is 0 Å². The fraction of sp³-hybridized carbons (Fsp3) is 0.0909. The number of amides is 1. The number of fused-ring (bicyclic) bond motifs is 1. The number of benzene rings is 1. The SMILES string of the molecule is NC(N)=NC(=O)c1ccc2[nH]cc(CO)c2c1. The highest BCUT2D eigenvalue weighted by atomic mass is 16.3. The monoisotopic (exact) mass is 232 g/mol. The molecule has 1 aromatic carbocycles. The lowest BCUT2D eigenvalue weighted by Gasteiger charge is -1.98. The van der Waals surface area contributed by atoms with Crippen molar-refractivity contribution in [2.24, 2.45) is 16.5 Å². The molecule has 1 amide bonds. The molecule has 6 heteroatoms. The van der Waals surface area contributed by atoms with Crippen LogP contribution in [-0.2, 0) is 6.61 Å². The number of aliphatic hydroxyl groups excluding tert-OH is 1. The molecule has 6 N–H and O–H groups in total. The molecule has 6 nitrogen and oxygen atoms in total. The molecular weight excluding hydrogens is 220 g/mol. The average molecular weight is 232 g/mol. The molecule has 17 heavy (non-hydrogen) atoms. The molecule has 1 aromatic heterocycles. The fourth-order valence-corrected chi connectivity index (χ4v) is 1.62. The zero-order valence-electron chi connectivity index (χ0n) is 8.97. The van der Waals surface area contributed by atoms with Gasteiger partial charge in [-0.25, -0.2) is 0 Å². The zero-order chi connectivity index (χ0) is 12.4. The zero-order valence-corrected chi connectivity index (χ0v) is 8.97. The first-order valence-corrected chi connectivity index (χ1v) is 4.96. The number of aromatic nitrogens is 1. The number of hydrogen-bond donors (Lipinski definition) is 4. The Labute approximate surface area is 96.9 Å². The average Bonchev–Trinajstić information content (AvgIpc) is 2.69. The van der Waals surface area contributed by atoms with Crippen LogP contribution in [0.4, 0.5) is 0 Å². The molecule has 0 bridgehead atoms. The van der Waals surface area contributed by atoms with Crippen molar-refractivity contribution in [3.05, 3.63) is 35.5 Å². The van der Waals surface area contributed by atoms with Crippen molar-refractivity contribution in [1.29, 1.82) is 0 Å². The number of aromatic amines is 1. The molecule has 0 fully saturated rings. The van der Waals surface area contributed by atoms with Crippen LogP contribution < -0.4 is 11.5 Å². The minimum atomic E-state index is -0.503. The molecule has 2 rings (SSSR count). The summed E-state index contributed by atoms with van der Waals surface area (Å²) in [6.45, 7) is -0.0973. The Morgan fingerprint density at radius 1 is 1.41 bits per heavy atom. The summed E-state index contributed by atoms with van der Waals surface area (Å²) in [7, 11) is 0. The minimum absolute atomic E-state index is 0.0973. The maximum atomic E-state index is 11.6. The summed E-state index contributed by atoms with van der Waals surface area (Å²) in [4.78, 5) is 18.0. The van der Waals surface area contributed by atoms with Gasteiger partial charge in [-0.1, -0.05) is 0 Å². The number of guanidine groups is 1. The van der Waals surface area contributed by atoms with E-state index in [0.717, 1.165) is 16.5 Å². The molecule has 2 aromatic rings. The Morgan fingerprint density at radius 3 is 2.82 bits per heavy atom. The van der Waals surface area contributed by atoms with Gasteiger partial charge in [-0.2, -0.15) is 4.99 Å². The normalized spacial score (nSPS) is 10.4. The van der Waals surface area contributed by atoms with Crippen LogP contribution in [0.3, 0.4) is 0 Å². The third-order valence-electron chi connectivity index (χ3n) is 2.42. The van der Waals surface area contributed by atoms with Crippen LogP contribution in [0, 0.1) is 0 Å². The quantitative estimate of drug-likeness (QED) is 0.433. The summed E-state index contributed by atoms with van der Waals surface area (Å²) in [5, 5.41) is 9.91. The van der Waals surface area contributed by atoms with E-state index in [-0.39, 0.29) is 12.6 Å². The molecule has 0 aliphatic rings. The molecule has 0 spiro atoms. The number of carbonyl (C=O) groups excluding carboxylic acids is 1. The lowest BCUT2D eigenvalue weighted by atomic mass is 10.1. The van der Waals surface area contributed by atoms with Crippen LogP contribution in [0.15, 0.2) is 29.4 Å². The van der Waals surface area contributed by atoms with E-state index >= 15 is 0 Å². The highest BCUT2D eigenvalue weighted by Crippen LogP contribution is 2.20. The third-order valence-corrected chi connectivity index (χ3v) is 2.42. The second kappa shape index (κ2) is 4.26. The first kappa shape index (κ1) is 11.2. The largest absolute Gasteiger partial charge is 0.392 e. The number of aliphatic imine (C=N–C) groups is 1. The van der Waals surface area contributed by atoms with Gasteiger partial charge < -0.3 is 21.6 Å². The van der Waals surface area contributed by atoms with Gasteiger partial charge in [0.15, 0.2) is 5.96 Å². The van der Waals surface area contributed by atoms with E-state index in [9.17, 15) is 4.79 Å². The minimum Gasteiger partial charge on any atom is -0.392 e. The van der Waals surface area contributed by atoms with Gasteiger partial charge in [0.05, 0.1) is 6.61 Å². The molecular formula is C11H12N4O2. The number of hydrogen-bond acceptors (Lipinski definition) is 2. The predicted octanol–water partition coefficient (Wildman–Crippen LogP) is 0.0738. The maximum absolute atomic E-state index is 11.6. The maximum Gasteiger partial charge on any atom is 0.280 e. The number of nitrogens with two attached hydrogens (primary N) is 2. The lowest BCUT2D eigenvalue weighted by Crippen LogP contribution is -2.24. The van der Waals surface area contributed by atoms with Gasteiger partial charge in [-0.15, -0.1) is 0 Å². The summed E-state index contributed by atoms with van der Waals surface area (Å²) < 4.78 is 0. The molecule has 0 unspecified atom stereocenters. The number of carbonyl (C=O) groups is 1. The van der Waals surface area contributed by atoms with Crippen molar-refractivity contribution in [3.8, 4) is 0 Å². The van der Waals surface area contributed by atoms with Crippen molar-refractivity contribution >= 4 is 22.8 Å². The van der Waals surface area contributed by atoms with E-state index in [1.165, 1.54) is 0 Å². The van der Waals surface area contributed by atoms with Crippen molar-refractivity contribution < 1.29 is 9.90 Å². The molecule has 0 aliphatic heterocycles. The molecule has 0 saturated carbocycles. The van der Waals surface area contributed by atoms with Gasteiger partial charge in [0.2, 0.25) is 0 Å². The number of aliphatic hydroxyl groups is 1. The summed E-state index contributed by atoms with van der Waals surface area (Å²) in [5.74, 6) is -0.775. The van der Waals surface area contributed by atoms with Crippen LogP contribution in [0.1, 0.15) is 15.9 Å². The summed E-state index contributed by atoms with van der Waals surface area (Å²) in [6, 6.07) is 5.00. The summed E-state index contributed by atoms with van der Waals surface area (Å²) >= 11 is 0. The molecule has 0 radical (unpaired) electrons. The fourth-order valence-electron chi connectivity index (χ4n) is 1.62. The number of nitrogens with one attached hydrogen (secondary N) is 1. The Kier molecular flexibility index (Phi) is 2.80. The number of rotatable bonds is 2. The highest BCUT2D eigenvalue weighted by molar-refractivity contribution is 6.04. The highest BCUT2D eigenvalue weighted by Gasteiger charge is 2.08. The van der Waals surface area contributed by atoms with Crippen LogP contribution in [-0.4, -0.2) is 22.0 Å². The van der Waals surface area contributed by atoms with Crippen LogP contribution in [0.2, 0.25) is 0 Å². The Morgan fingerprint density at radius 2 is 2.18 bits per heavy atom. The van der Waals surface area contributed by atoms with Gasteiger partial charge in [0.1, 0.15) is 0 Å². The van der Waals surface area contributed by atoms with Gasteiger partial charge in [-0.3, -0.25) is 4.79 Å². The molecule has 1 heterocycles. The Bertz CT molecular complexity index is 597. The van der Waals surface area contributed by atoms with Crippen LogP contribution in [0.5, 0.6) is 0 Å². The molecule has 88 valence electrons. The van der Waals surface area contributed by atoms with Crippen molar-refractivity contribution in [2.75, 3.05) is 0 Å². The Hall–Kier alpha value is -2.34. The first-order chi connectivity index (χ1) is 8.11. The second-order valence-corrected chi connectivity index (χ2v) is 3.57. The Balaban J connectivity index is 2.50. The third kappa shape index (κ3) is 2.11. The standard InChI is InChI=1S/C11H12N4O2/c12-11(13)15-10(17)6-1-2-9-8(3-6)7(5-16)4-14-9/h1-4,14,16H,5H2,(H4,12,13,15,17). The first-order valence-electron chi connectivity index (χ1n) is 4.96. The molecule has 0 aliphatic carbocycles. The topological polar surface area (TPSA) is 117 Å². The van der Waals surface area contributed by atoms with Crippen LogP contribution in [0.25, 0.3) is 10.9 Å². The van der Waals surface area contributed by atoms with Gasteiger partial charge in [0, 0.05) is 28.2 Å². The second-order valence-electron chi connectivity index (χ2n) is 3.57. The summed E-state index contributed by atoms with van der Waals surface area (Å²) in [6.07, 6.45) is 1.69. The van der Waals surface area contributed by atoms with Crippen molar-refractivity contribution in [2.45, 2.75) is 6.61 Å². The summed E-state index contributed by atoms with van der Waals surface area (Å²) in [5.41, 5.74) is 12.2. The van der Waals surface area contributed by atoms with Crippen LogP contribution >= 0.6 is 0 Å². The van der Waals surface area contributed by atoms with E-state index in [1.54, 1.807) is 24.4 Å². The van der Waals surface area contributed by atoms with E-state index in [1.807, 2.05) is 0 Å². The molecule has 0 saturated heterocycles. The number of H-pyrrole nitrogens is 1. The van der Waals surface area contributed by atoms with E-state index < -0.39 is 5.91 Å². The van der Waals surface area contributed by atoms with Gasteiger partial charge >= 0.3 is 0 Å². The smallest absolute Gasteiger partial charge is 0.280 e. The number of nitrogens with zero attached hydrogens (tertiary/aromatic N) is 1. The molecule has 0 atom stereocenters. The predicted molar refractivity (Wildman–Crippen MR) is 64.4 cm³/mol. The van der Waals surface area contributed by atoms with Gasteiger partial charge in [0.25, 0.3) is 5.91 Å². The van der Waals surface area contributed by atoms with E-state index in [4.69, 9.17) is 16.6 Å². The van der Waals surface area contributed by atoms with Gasteiger partial charge in [-0.05, 0) is 18.2 Å². The van der Waals surface area contributed by atoms with E-state index in [0.29, 0.717) is 5.56 Å². The van der Waals surface area contributed by atoms with Crippen molar-refractivity contribution in [1.82, 2.24) is 4.98 Å². The van der Waals surface area contributed by atoms with E-state index in [2.05, 4.69) is 9.98 Å². The lowest BCUT2D eigenvalue weighted by molar-refractivity contribution is 0.100.